The Bertz CT molecular complexity index is 763. The van der Waals surface area contributed by atoms with E-state index < -0.39 is 0 Å². The number of esters is 1. The second-order valence-electron chi connectivity index (χ2n) is 5.48. The Kier molecular flexibility index (Phi) is 5.13. The summed E-state index contributed by atoms with van der Waals surface area (Å²) in [5.74, 6) is 0.589. The van der Waals surface area contributed by atoms with E-state index in [0.717, 1.165) is 5.56 Å². The number of amides is 1. The van der Waals surface area contributed by atoms with Crippen molar-refractivity contribution in [1.82, 2.24) is 9.88 Å². The van der Waals surface area contributed by atoms with Crippen LogP contribution in [0.15, 0.2) is 42.7 Å². The maximum absolute atomic E-state index is 12.9. The molecular formula is C18H18N2O5. The molecule has 7 heteroatoms. The summed E-state index contributed by atoms with van der Waals surface area (Å²) in [6.45, 7) is 0.738. The van der Waals surface area contributed by atoms with Crippen molar-refractivity contribution in [2.75, 3.05) is 20.4 Å². The number of carbonyl (C=O) groups excluding carboxylic acids is 2. The maximum atomic E-state index is 12.9. The Morgan fingerprint density at radius 1 is 1.24 bits per heavy atom. The molecule has 0 aliphatic carbocycles. The Hall–Kier alpha value is -3.09. The molecule has 130 valence electrons. The molecule has 1 aliphatic heterocycles. The maximum Gasteiger partial charge on any atom is 0.307 e. The first-order valence-electron chi connectivity index (χ1n) is 7.82. The van der Waals surface area contributed by atoms with Crippen molar-refractivity contribution in [3.63, 3.8) is 0 Å². The van der Waals surface area contributed by atoms with Gasteiger partial charge in [-0.15, -0.1) is 0 Å². The fraction of sp³-hybridized carbons (Fsp3) is 0.278. The quantitative estimate of drug-likeness (QED) is 0.748. The third-order valence-electron chi connectivity index (χ3n) is 3.82. The molecule has 1 aromatic carbocycles. The van der Waals surface area contributed by atoms with Crippen LogP contribution >= 0.6 is 0 Å². The summed E-state index contributed by atoms with van der Waals surface area (Å²) in [4.78, 5) is 30.0. The van der Waals surface area contributed by atoms with Crippen LogP contribution < -0.4 is 9.47 Å². The zero-order valence-corrected chi connectivity index (χ0v) is 13.8. The fourth-order valence-electron chi connectivity index (χ4n) is 2.50. The molecule has 1 amide bonds. The van der Waals surface area contributed by atoms with E-state index in [1.807, 2.05) is 6.07 Å². The first kappa shape index (κ1) is 16.8. The second-order valence-corrected chi connectivity index (χ2v) is 5.48. The van der Waals surface area contributed by atoms with Crippen LogP contribution in [0.25, 0.3) is 0 Å². The number of ether oxygens (including phenoxy) is 3. The smallest absolute Gasteiger partial charge is 0.307 e. The minimum Gasteiger partial charge on any atom is -0.469 e. The molecular weight excluding hydrogens is 324 g/mol. The number of benzene rings is 1. The highest BCUT2D eigenvalue weighted by atomic mass is 16.7. The second kappa shape index (κ2) is 7.65. The first-order chi connectivity index (χ1) is 12.2. The molecule has 0 radical (unpaired) electrons. The van der Waals surface area contributed by atoms with E-state index in [9.17, 15) is 9.59 Å². The van der Waals surface area contributed by atoms with Crippen molar-refractivity contribution in [2.45, 2.75) is 13.0 Å². The SMILES string of the molecule is COC(=O)CCN(Cc1cccnc1)C(=O)c1ccc2c(c1)OCO2. The van der Waals surface area contributed by atoms with Gasteiger partial charge in [-0.25, -0.2) is 0 Å². The lowest BCUT2D eigenvalue weighted by atomic mass is 10.1. The molecule has 0 atom stereocenters. The van der Waals surface area contributed by atoms with Crippen LogP contribution in [0.1, 0.15) is 22.3 Å². The number of hydrogen-bond donors (Lipinski definition) is 0. The first-order valence-corrected chi connectivity index (χ1v) is 7.82. The van der Waals surface area contributed by atoms with Gasteiger partial charge in [0, 0.05) is 31.0 Å². The summed E-state index contributed by atoms with van der Waals surface area (Å²) < 4.78 is 15.3. The number of nitrogens with zero attached hydrogens (tertiary/aromatic N) is 2. The number of aromatic nitrogens is 1. The van der Waals surface area contributed by atoms with Gasteiger partial charge in [0.2, 0.25) is 6.79 Å². The standard InChI is InChI=1S/C18H18N2O5/c1-23-17(21)6-8-20(11-13-3-2-7-19-10-13)18(22)14-4-5-15-16(9-14)25-12-24-15/h2-5,7,9-10H,6,8,11-12H2,1H3. The number of fused-ring (bicyclic) bond motifs is 1. The predicted molar refractivity (Wildman–Crippen MR) is 88.2 cm³/mol. The molecule has 2 aromatic rings. The number of hydrogen-bond acceptors (Lipinski definition) is 6. The molecule has 7 nitrogen and oxygen atoms in total. The number of rotatable bonds is 6. The Morgan fingerprint density at radius 3 is 2.84 bits per heavy atom. The summed E-state index contributed by atoms with van der Waals surface area (Å²) in [5, 5.41) is 0. The van der Waals surface area contributed by atoms with Crippen LogP contribution in [0.3, 0.4) is 0 Å². The Balaban J connectivity index is 1.79. The van der Waals surface area contributed by atoms with Crippen molar-refractivity contribution in [3.8, 4) is 11.5 Å². The average molecular weight is 342 g/mol. The Labute approximate surface area is 145 Å². The van der Waals surface area contributed by atoms with Crippen molar-refractivity contribution in [2.24, 2.45) is 0 Å². The lowest BCUT2D eigenvalue weighted by Crippen LogP contribution is -2.32. The molecule has 0 spiro atoms. The summed E-state index contributed by atoms with van der Waals surface area (Å²) in [5.41, 5.74) is 1.35. The van der Waals surface area contributed by atoms with E-state index in [2.05, 4.69) is 9.72 Å². The minimum atomic E-state index is -0.366. The van der Waals surface area contributed by atoms with E-state index in [-0.39, 0.29) is 31.6 Å². The van der Waals surface area contributed by atoms with Gasteiger partial charge in [-0.05, 0) is 29.8 Å². The van der Waals surface area contributed by atoms with Gasteiger partial charge in [0.1, 0.15) is 0 Å². The predicted octanol–water partition coefficient (Wildman–Crippen LogP) is 2.02. The molecule has 1 aromatic heterocycles. The molecule has 0 fully saturated rings. The van der Waals surface area contributed by atoms with E-state index in [1.165, 1.54) is 7.11 Å². The highest BCUT2D eigenvalue weighted by Crippen LogP contribution is 2.32. The molecule has 0 N–H and O–H groups in total. The van der Waals surface area contributed by atoms with Crippen LogP contribution in [-0.2, 0) is 16.1 Å². The van der Waals surface area contributed by atoms with Crippen LogP contribution in [0.5, 0.6) is 11.5 Å². The van der Waals surface area contributed by atoms with Crippen molar-refractivity contribution < 1.29 is 23.8 Å². The van der Waals surface area contributed by atoms with E-state index in [4.69, 9.17) is 9.47 Å². The molecule has 3 rings (SSSR count). The normalized spacial score (nSPS) is 11.9. The third kappa shape index (κ3) is 4.06. The van der Waals surface area contributed by atoms with Crippen LogP contribution in [0, 0.1) is 0 Å². The zero-order chi connectivity index (χ0) is 17.6. The lowest BCUT2D eigenvalue weighted by molar-refractivity contribution is -0.140. The van der Waals surface area contributed by atoms with Crippen LogP contribution in [0.4, 0.5) is 0 Å². The molecule has 25 heavy (non-hydrogen) atoms. The van der Waals surface area contributed by atoms with Gasteiger partial charge < -0.3 is 19.1 Å². The highest BCUT2D eigenvalue weighted by Gasteiger charge is 2.21. The zero-order valence-electron chi connectivity index (χ0n) is 13.8. The highest BCUT2D eigenvalue weighted by molar-refractivity contribution is 5.95. The largest absolute Gasteiger partial charge is 0.469 e. The molecule has 2 heterocycles. The van der Waals surface area contributed by atoms with Crippen LogP contribution in [-0.4, -0.2) is 42.2 Å². The number of methoxy groups -OCH3 is 1. The molecule has 1 aliphatic rings. The van der Waals surface area contributed by atoms with Gasteiger partial charge in [-0.2, -0.15) is 0 Å². The summed E-state index contributed by atoms with van der Waals surface area (Å²) in [6.07, 6.45) is 3.48. The van der Waals surface area contributed by atoms with Crippen LogP contribution in [0.2, 0.25) is 0 Å². The van der Waals surface area contributed by atoms with Gasteiger partial charge in [0.05, 0.1) is 13.5 Å². The van der Waals surface area contributed by atoms with Gasteiger partial charge >= 0.3 is 5.97 Å². The Morgan fingerprint density at radius 2 is 2.08 bits per heavy atom. The average Bonchev–Trinajstić information content (AvgIpc) is 3.12. The van der Waals surface area contributed by atoms with Gasteiger partial charge in [-0.3, -0.25) is 14.6 Å². The van der Waals surface area contributed by atoms with Gasteiger partial charge in [0.25, 0.3) is 5.91 Å². The topological polar surface area (TPSA) is 78.0 Å². The van der Waals surface area contributed by atoms with E-state index >= 15 is 0 Å². The van der Waals surface area contributed by atoms with Gasteiger partial charge in [-0.1, -0.05) is 6.07 Å². The monoisotopic (exact) mass is 342 g/mol. The molecule has 0 saturated heterocycles. The fourth-order valence-corrected chi connectivity index (χ4v) is 2.50. The van der Waals surface area contributed by atoms with Gasteiger partial charge in [0.15, 0.2) is 11.5 Å². The number of pyridine rings is 1. The molecule has 0 saturated carbocycles. The number of carbonyl (C=O) groups is 2. The molecule has 0 bridgehead atoms. The van der Waals surface area contributed by atoms with Crippen molar-refractivity contribution in [1.29, 1.82) is 0 Å². The summed E-state index contributed by atoms with van der Waals surface area (Å²) in [6, 6.07) is 8.73. The summed E-state index contributed by atoms with van der Waals surface area (Å²) >= 11 is 0. The molecule has 0 unspecified atom stereocenters. The minimum absolute atomic E-state index is 0.118. The van der Waals surface area contributed by atoms with E-state index in [1.54, 1.807) is 41.6 Å². The van der Waals surface area contributed by atoms with Crippen molar-refractivity contribution in [3.05, 3.63) is 53.9 Å². The lowest BCUT2D eigenvalue weighted by Gasteiger charge is -2.22. The van der Waals surface area contributed by atoms with E-state index in [0.29, 0.717) is 23.6 Å². The third-order valence-corrected chi connectivity index (χ3v) is 3.82. The van der Waals surface area contributed by atoms with Crippen molar-refractivity contribution >= 4 is 11.9 Å². The summed E-state index contributed by atoms with van der Waals surface area (Å²) in [7, 11) is 1.33.